The standard InChI is InChI=1S/C28H27F3N4O2/c1-18-26(22(16-25(36)34-18)19-3-8-23(30)24(31)15-19)27(37)33-11-2-12-35-13-9-28(17-32,10-14-35)20-4-6-21(29)7-5-20/h3-8,15-16H,2,9-14H2,1H3,(H,33,37)(H,34,36). The Kier molecular flexibility index (Phi) is 7.79. The molecular weight excluding hydrogens is 481 g/mol. The van der Waals surface area contributed by atoms with Gasteiger partial charge in [0.15, 0.2) is 11.6 Å². The van der Waals surface area contributed by atoms with Crippen molar-refractivity contribution in [3.8, 4) is 17.2 Å². The van der Waals surface area contributed by atoms with Crippen LogP contribution in [-0.4, -0.2) is 42.0 Å². The van der Waals surface area contributed by atoms with Gasteiger partial charge in [-0.15, -0.1) is 0 Å². The van der Waals surface area contributed by atoms with Gasteiger partial charge in [0.2, 0.25) is 5.56 Å². The minimum atomic E-state index is -1.07. The topological polar surface area (TPSA) is 89.0 Å². The van der Waals surface area contributed by atoms with Gasteiger partial charge in [0.05, 0.1) is 17.0 Å². The fraction of sp³-hybridized carbons (Fsp3) is 0.321. The lowest BCUT2D eigenvalue weighted by Crippen LogP contribution is -2.42. The minimum absolute atomic E-state index is 0.196. The number of hydrogen-bond donors (Lipinski definition) is 2. The number of halogens is 3. The number of benzene rings is 2. The summed E-state index contributed by atoms with van der Waals surface area (Å²) >= 11 is 0. The van der Waals surface area contributed by atoms with Crippen LogP contribution >= 0.6 is 0 Å². The van der Waals surface area contributed by atoms with Gasteiger partial charge < -0.3 is 15.2 Å². The zero-order valence-electron chi connectivity index (χ0n) is 20.4. The van der Waals surface area contributed by atoms with E-state index in [0.717, 1.165) is 17.7 Å². The number of carbonyl (C=O) groups is 1. The van der Waals surface area contributed by atoms with Crippen molar-refractivity contribution in [1.82, 2.24) is 15.2 Å². The summed E-state index contributed by atoms with van der Waals surface area (Å²) in [6, 6.07) is 13.0. The Bertz CT molecular complexity index is 1390. The van der Waals surface area contributed by atoms with E-state index in [1.54, 1.807) is 19.1 Å². The van der Waals surface area contributed by atoms with Crippen LogP contribution in [0.5, 0.6) is 0 Å². The second-order valence-corrected chi connectivity index (χ2v) is 9.33. The van der Waals surface area contributed by atoms with Crippen molar-refractivity contribution in [3.63, 3.8) is 0 Å². The van der Waals surface area contributed by atoms with Gasteiger partial charge in [0, 0.05) is 23.9 Å². The van der Waals surface area contributed by atoms with E-state index in [9.17, 15) is 28.0 Å². The number of aromatic amines is 1. The first-order valence-electron chi connectivity index (χ1n) is 12.1. The van der Waals surface area contributed by atoms with Crippen molar-refractivity contribution in [2.45, 2.75) is 31.6 Å². The molecule has 1 fully saturated rings. The van der Waals surface area contributed by atoms with E-state index >= 15 is 0 Å². The SMILES string of the molecule is Cc1[nH]c(=O)cc(-c2ccc(F)c(F)c2)c1C(=O)NCCCN1CCC(C#N)(c2ccc(F)cc2)CC1. The molecule has 0 unspecified atom stereocenters. The first-order valence-corrected chi connectivity index (χ1v) is 12.1. The molecule has 4 rings (SSSR count). The van der Waals surface area contributed by atoms with Crippen LogP contribution in [0, 0.1) is 35.7 Å². The summed E-state index contributed by atoms with van der Waals surface area (Å²) in [6.45, 7) is 4.07. The first kappa shape index (κ1) is 26.2. The summed E-state index contributed by atoms with van der Waals surface area (Å²) in [5.74, 6) is -2.83. The molecule has 1 saturated heterocycles. The molecule has 1 aromatic heterocycles. The molecule has 0 atom stereocenters. The van der Waals surface area contributed by atoms with Crippen LogP contribution in [0.15, 0.2) is 53.3 Å². The third-order valence-corrected chi connectivity index (χ3v) is 6.95. The molecule has 1 amide bonds. The number of likely N-dealkylation sites (tertiary alicyclic amines) is 1. The van der Waals surface area contributed by atoms with Crippen molar-refractivity contribution in [2.75, 3.05) is 26.2 Å². The van der Waals surface area contributed by atoms with E-state index in [0.29, 0.717) is 51.1 Å². The van der Waals surface area contributed by atoms with Crippen molar-refractivity contribution in [3.05, 3.63) is 93.2 Å². The average molecular weight is 509 g/mol. The maximum absolute atomic E-state index is 13.8. The normalized spacial score (nSPS) is 15.2. The van der Waals surface area contributed by atoms with Crippen LogP contribution in [0.2, 0.25) is 0 Å². The fourth-order valence-corrected chi connectivity index (χ4v) is 4.86. The van der Waals surface area contributed by atoms with Gasteiger partial charge in [-0.05, 0) is 81.2 Å². The van der Waals surface area contributed by atoms with Crippen LogP contribution in [0.1, 0.15) is 40.9 Å². The molecule has 3 aromatic rings. The van der Waals surface area contributed by atoms with Crippen LogP contribution in [0.4, 0.5) is 13.2 Å². The average Bonchev–Trinajstić information content (AvgIpc) is 2.88. The molecule has 0 aliphatic carbocycles. The number of nitriles is 1. The van der Waals surface area contributed by atoms with E-state index in [2.05, 4.69) is 21.3 Å². The third-order valence-electron chi connectivity index (χ3n) is 6.95. The van der Waals surface area contributed by atoms with Crippen LogP contribution < -0.4 is 10.9 Å². The van der Waals surface area contributed by atoms with E-state index in [1.807, 2.05) is 0 Å². The number of nitrogens with one attached hydrogen (secondary N) is 2. The number of amides is 1. The van der Waals surface area contributed by atoms with E-state index < -0.39 is 28.5 Å². The molecule has 0 radical (unpaired) electrons. The summed E-state index contributed by atoms with van der Waals surface area (Å²) < 4.78 is 40.5. The summed E-state index contributed by atoms with van der Waals surface area (Å²) in [5, 5.41) is 12.7. The Morgan fingerprint density at radius 1 is 1.08 bits per heavy atom. The predicted molar refractivity (Wildman–Crippen MR) is 133 cm³/mol. The smallest absolute Gasteiger partial charge is 0.253 e. The van der Waals surface area contributed by atoms with Crippen LogP contribution in [0.3, 0.4) is 0 Å². The summed E-state index contributed by atoms with van der Waals surface area (Å²) in [6.07, 6.45) is 1.93. The molecule has 2 heterocycles. The largest absolute Gasteiger partial charge is 0.352 e. The van der Waals surface area contributed by atoms with Gasteiger partial charge >= 0.3 is 0 Å². The molecule has 2 N–H and O–H groups in total. The molecule has 6 nitrogen and oxygen atoms in total. The van der Waals surface area contributed by atoms with Crippen LogP contribution in [0.25, 0.3) is 11.1 Å². The highest BCUT2D eigenvalue weighted by molar-refractivity contribution is 6.01. The highest BCUT2D eigenvalue weighted by Crippen LogP contribution is 2.35. The number of H-pyrrole nitrogens is 1. The van der Waals surface area contributed by atoms with Crippen LogP contribution in [-0.2, 0) is 5.41 Å². The molecule has 1 aliphatic heterocycles. The maximum atomic E-state index is 13.8. The van der Waals surface area contributed by atoms with E-state index in [-0.39, 0.29) is 22.5 Å². The predicted octanol–water partition coefficient (Wildman–Crippen LogP) is 4.44. The molecule has 0 saturated carbocycles. The van der Waals surface area contributed by atoms with Crippen molar-refractivity contribution in [2.24, 2.45) is 0 Å². The summed E-state index contributed by atoms with van der Waals surface area (Å²) in [4.78, 5) is 29.8. The van der Waals surface area contributed by atoms with Gasteiger partial charge in [-0.25, -0.2) is 13.2 Å². The maximum Gasteiger partial charge on any atom is 0.253 e. The number of hydrogen-bond acceptors (Lipinski definition) is 4. The summed E-state index contributed by atoms with van der Waals surface area (Å²) in [7, 11) is 0. The number of nitrogens with zero attached hydrogens (tertiary/aromatic N) is 2. The second kappa shape index (κ2) is 11.0. The monoisotopic (exact) mass is 508 g/mol. The minimum Gasteiger partial charge on any atom is -0.352 e. The van der Waals surface area contributed by atoms with Gasteiger partial charge in [-0.2, -0.15) is 5.26 Å². The van der Waals surface area contributed by atoms with Gasteiger partial charge in [-0.1, -0.05) is 18.2 Å². The first-order chi connectivity index (χ1) is 17.7. The van der Waals surface area contributed by atoms with E-state index in [4.69, 9.17) is 0 Å². The Morgan fingerprint density at radius 2 is 1.78 bits per heavy atom. The Morgan fingerprint density at radius 3 is 2.43 bits per heavy atom. The number of carbonyl (C=O) groups excluding carboxylic acids is 1. The molecule has 2 aromatic carbocycles. The molecular formula is C28H27F3N4O2. The fourth-order valence-electron chi connectivity index (χ4n) is 4.86. The molecule has 37 heavy (non-hydrogen) atoms. The number of pyridine rings is 1. The van der Waals surface area contributed by atoms with Crippen molar-refractivity contribution in [1.29, 1.82) is 5.26 Å². The molecule has 192 valence electrons. The highest BCUT2D eigenvalue weighted by atomic mass is 19.2. The Labute approximate surface area is 212 Å². The second-order valence-electron chi connectivity index (χ2n) is 9.33. The quantitative estimate of drug-likeness (QED) is 0.462. The molecule has 1 aliphatic rings. The third kappa shape index (κ3) is 5.75. The van der Waals surface area contributed by atoms with Gasteiger partial charge in [-0.3, -0.25) is 9.59 Å². The molecule has 9 heteroatoms. The molecule has 0 bridgehead atoms. The lowest BCUT2D eigenvalue weighted by Gasteiger charge is -2.37. The van der Waals surface area contributed by atoms with Gasteiger partial charge in [0.1, 0.15) is 5.82 Å². The number of rotatable bonds is 7. The lowest BCUT2D eigenvalue weighted by atomic mass is 9.74. The van der Waals surface area contributed by atoms with Crippen molar-refractivity contribution < 1.29 is 18.0 Å². The number of aromatic nitrogens is 1. The Hall–Kier alpha value is -3.90. The van der Waals surface area contributed by atoms with Gasteiger partial charge in [0.25, 0.3) is 5.91 Å². The van der Waals surface area contributed by atoms with E-state index in [1.165, 1.54) is 24.3 Å². The summed E-state index contributed by atoms with van der Waals surface area (Å²) in [5.41, 5.74) is 0.729. The molecule has 0 spiro atoms. The zero-order valence-corrected chi connectivity index (χ0v) is 20.4. The zero-order chi connectivity index (χ0) is 26.6. The lowest BCUT2D eigenvalue weighted by molar-refractivity contribution is 0.0950. The highest BCUT2D eigenvalue weighted by Gasteiger charge is 2.36. The Balaban J connectivity index is 1.35. The van der Waals surface area contributed by atoms with Crippen molar-refractivity contribution >= 4 is 5.91 Å². The number of piperidine rings is 1. The number of aryl methyl sites for hydroxylation is 1.